The molecule has 0 aliphatic carbocycles. The van der Waals surface area contributed by atoms with Gasteiger partial charge in [-0.25, -0.2) is 0 Å². The molecule has 19 heavy (non-hydrogen) atoms. The van der Waals surface area contributed by atoms with Crippen LogP contribution in [0.25, 0.3) is 6.08 Å². The number of thiophene rings is 1. The summed E-state index contributed by atoms with van der Waals surface area (Å²) in [6, 6.07) is 3.72. The maximum absolute atomic E-state index is 12.0. The van der Waals surface area contributed by atoms with Crippen LogP contribution < -0.4 is 5.11 Å². The van der Waals surface area contributed by atoms with Crippen LogP contribution in [0, 0.1) is 0 Å². The first-order valence-corrected chi connectivity index (χ1v) is 7.26. The average molecular weight is 296 g/mol. The highest BCUT2D eigenvalue weighted by atomic mass is 32.2. The number of thioether (sulfide) groups is 1. The second kappa shape index (κ2) is 6.03. The van der Waals surface area contributed by atoms with Crippen molar-refractivity contribution in [1.29, 1.82) is 0 Å². The molecule has 2 heterocycles. The molecular weight excluding hydrogens is 286 g/mol. The molecule has 0 bridgehead atoms. The number of imide groups is 1. The second-order valence-electron chi connectivity index (χ2n) is 3.82. The van der Waals surface area contributed by atoms with E-state index in [0.29, 0.717) is 4.91 Å². The third-order valence-corrected chi connectivity index (χ3v) is 4.18. The zero-order chi connectivity index (χ0) is 13.8. The highest BCUT2D eigenvalue weighted by Crippen LogP contribution is 2.32. The summed E-state index contributed by atoms with van der Waals surface area (Å²) >= 11 is 2.36. The van der Waals surface area contributed by atoms with Crippen LogP contribution in [0.5, 0.6) is 0 Å². The summed E-state index contributed by atoms with van der Waals surface area (Å²) in [5.41, 5.74) is 0. The number of hydrogen-bond acceptors (Lipinski definition) is 6. The first-order chi connectivity index (χ1) is 9.08. The minimum atomic E-state index is -1.18. The molecule has 1 aromatic heterocycles. The highest BCUT2D eigenvalue weighted by Gasteiger charge is 2.34. The molecule has 2 rings (SSSR count). The number of hydrogen-bond donors (Lipinski definition) is 0. The van der Waals surface area contributed by atoms with Gasteiger partial charge in [0.2, 0.25) is 0 Å². The normalized spacial score (nSPS) is 17.5. The van der Waals surface area contributed by atoms with E-state index in [-0.39, 0.29) is 30.5 Å². The lowest BCUT2D eigenvalue weighted by Crippen LogP contribution is -2.30. The van der Waals surface area contributed by atoms with Crippen molar-refractivity contribution in [2.75, 3.05) is 6.54 Å². The molecular formula is C12H10NO4S2-. The molecule has 0 unspecified atom stereocenters. The van der Waals surface area contributed by atoms with Crippen LogP contribution in [0.2, 0.25) is 0 Å². The van der Waals surface area contributed by atoms with Gasteiger partial charge in [0.25, 0.3) is 11.1 Å². The van der Waals surface area contributed by atoms with Gasteiger partial charge in [-0.05, 0) is 42.1 Å². The quantitative estimate of drug-likeness (QED) is 0.766. The molecule has 1 aliphatic heterocycles. The van der Waals surface area contributed by atoms with E-state index in [2.05, 4.69) is 0 Å². The van der Waals surface area contributed by atoms with Gasteiger partial charge in [-0.15, -0.1) is 11.3 Å². The van der Waals surface area contributed by atoms with E-state index in [1.54, 1.807) is 6.08 Å². The van der Waals surface area contributed by atoms with Gasteiger partial charge < -0.3 is 9.90 Å². The Morgan fingerprint density at radius 3 is 2.84 bits per heavy atom. The lowest BCUT2D eigenvalue weighted by molar-refractivity contribution is -0.305. The summed E-state index contributed by atoms with van der Waals surface area (Å²) in [6.07, 6.45) is 1.73. The number of rotatable bonds is 5. The Kier molecular flexibility index (Phi) is 4.39. The van der Waals surface area contributed by atoms with Crippen molar-refractivity contribution >= 4 is 46.3 Å². The van der Waals surface area contributed by atoms with Crippen molar-refractivity contribution in [2.45, 2.75) is 12.8 Å². The van der Waals surface area contributed by atoms with E-state index >= 15 is 0 Å². The number of carboxylic acid groups (broad SMARTS) is 1. The standard InChI is InChI=1S/C12H11NO4S2/c14-10(15)4-1-5-13-11(16)9(19-12(13)17)7-8-3-2-6-18-8/h2-3,6-7H,1,4-5H2,(H,14,15)/p-1/b9-7-. The number of nitrogens with zero attached hydrogens (tertiary/aromatic N) is 1. The van der Waals surface area contributed by atoms with Crippen LogP contribution in [0.15, 0.2) is 22.4 Å². The SMILES string of the molecule is O=C([O-])CCCN1C(=O)S/C(=C\c2cccs2)C1=O. The lowest BCUT2D eigenvalue weighted by Gasteiger charge is -2.11. The second-order valence-corrected chi connectivity index (χ2v) is 5.80. The van der Waals surface area contributed by atoms with Gasteiger partial charge in [0, 0.05) is 17.4 Å². The van der Waals surface area contributed by atoms with Crippen molar-refractivity contribution in [3.05, 3.63) is 27.3 Å². The van der Waals surface area contributed by atoms with Gasteiger partial charge in [-0.2, -0.15) is 0 Å². The van der Waals surface area contributed by atoms with Crippen molar-refractivity contribution < 1.29 is 19.5 Å². The summed E-state index contributed by atoms with van der Waals surface area (Å²) < 4.78 is 0. The van der Waals surface area contributed by atoms with E-state index in [4.69, 9.17) is 0 Å². The molecule has 1 fully saturated rings. The summed E-state index contributed by atoms with van der Waals surface area (Å²) in [5, 5.41) is 11.8. The molecule has 100 valence electrons. The number of aliphatic carboxylic acids is 1. The van der Waals surface area contributed by atoms with Crippen LogP contribution in [0.3, 0.4) is 0 Å². The Balaban J connectivity index is 2.02. The zero-order valence-corrected chi connectivity index (χ0v) is 11.5. The van der Waals surface area contributed by atoms with Gasteiger partial charge in [0.05, 0.1) is 4.91 Å². The van der Waals surface area contributed by atoms with Gasteiger partial charge in [0.1, 0.15) is 0 Å². The van der Waals surface area contributed by atoms with Gasteiger partial charge in [-0.3, -0.25) is 14.5 Å². The van der Waals surface area contributed by atoms with Crippen molar-refractivity contribution in [3.8, 4) is 0 Å². The third kappa shape index (κ3) is 3.45. The molecule has 1 aliphatic rings. The summed E-state index contributed by atoms with van der Waals surface area (Å²) in [4.78, 5) is 36.3. The molecule has 0 saturated carbocycles. The first kappa shape index (κ1) is 13.8. The smallest absolute Gasteiger partial charge is 0.293 e. The number of carboxylic acids is 1. The number of carbonyl (C=O) groups is 3. The predicted octanol–water partition coefficient (Wildman–Crippen LogP) is 1.31. The van der Waals surface area contributed by atoms with Crippen LogP contribution in [0.1, 0.15) is 17.7 Å². The Morgan fingerprint density at radius 1 is 1.42 bits per heavy atom. The van der Waals surface area contributed by atoms with E-state index in [0.717, 1.165) is 21.5 Å². The van der Waals surface area contributed by atoms with Crippen molar-refractivity contribution in [3.63, 3.8) is 0 Å². The first-order valence-electron chi connectivity index (χ1n) is 5.56. The molecule has 0 radical (unpaired) electrons. The number of amides is 2. The minimum Gasteiger partial charge on any atom is -0.550 e. The maximum atomic E-state index is 12.0. The van der Waals surface area contributed by atoms with Crippen molar-refractivity contribution in [2.24, 2.45) is 0 Å². The molecule has 5 nitrogen and oxygen atoms in total. The molecule has 0 N–H and O–H groups in total. The topological polar surface area (TPSA) is 77.5 Å². The Morgan fingerprint density at radius 2 is 2.21 bits per heavy atom. The van der Waals surface area contributed by atoms with E-state index in [9.17, 15) is 19.5 Å². The monoisotopic (exact) mass is 296 g/mol. The highest BCUT2D eigenvalue weighted by molar-refractivity contribution is 8.18. The van der Waals surface area contributed by atoms with Gasteiger partial charge in [-0.1, -0.05) is 6.07 Å². The lowest BCUT2D eigenvalue weighted by atomic mass is 10.3. The average Bonchev–Trinajstić information content (AvgIpc) is 2.93. The Bertz CT molecular complexity index is 536. The van der Waals surface area contributed by atoms with E-state index < -0.39 is 5.97 Å². The third-order valence-electron chi connectivity index (χ3n) is 2.45. The maximum Gasteiger partial charge on any atom is 0.293 e. The largest absolute Gasteiger partial charge is 0.550 e. The Labute approximate surface area is 117 Å². The minimum absolute atomic E-state index is 0.112. The predicted molar refractivity (Wildman–Crippen MR) is 71.2 cm³/mol. The van der Waals surface area contributed by atoms with Crippen LogP contribution >= 0.6 is 23.1 Å². The molecule has 7 heteroatoms. The van der Waals surface area contributed by atoms with E-state index in [1.807, 2.05) is 17.5 Å². The summed E-state index contributed by atoms with van der Waals surface area (Å²) in [7, 11) is 0. The molecule has 0 spiro atoms. The molecule has 1 aromatic rings. The molecule has 2 amide bonds. The summed E-state index contributed by atoms with van der Waals surface area (Å²) in [5.74, 6) is -1.54. The Hall–Kier alpha value is -1.60. The molecule has 0 atom stereocenters. The van der Waals surface area contributed by atoms with Gasteiger partial charge in [0.15, 0.2) is 0 Å². The molecule has 0 aromatic carbocycles. The van der Waals surface area contributed by atoms with Crippen LogP contribution in [-0.2, 0) is 9.59 Å². The van der Waals surface area contributed by atoms with E-state index in [1.165, 1.54) is 11.3 Å². The van der Waals surface area contributed by atoms with Crippen LogP contribution in [0.4, 0.5) is 4.79 Å². The fraction of sp³-hybridized carbons (Fsp3) is 0.250. The number of carbonyl (C=O) groups excluding carboxylic acids is 3. The zero-order valence-electron chi connectivity index (χ0n) is 9.83. The molecule has 1 saturated heterocycles. The fourth-order valence-corrected chi connectivity index (χ4v) is 3.16. The summed E-state index contributed by atoms with van der Waals surface area (Å²) in [6.45, 7) is 0.112. The van der Waals surface area contributed by atoms with Crippen molar-refractivity contribution in [1.82, 2.24) is 4.90 Å². The fourth-order valence-electron chi connectivity index (χ4n) is 1.58. The van der Waals surface area contributed by atoms with Crippen LogP contribution in [-0.4, -0.2) is 28.6 Å². The van der Waals surface area contributed by atoms with Gasteiger partial charge >= 0.3 is 0 Å².